The van der Waals surface area contributed by atoms with E-state index >= 15 is 0 Å². The van der Waals surface area contributed by atoms with Gasteiger partial charge in [0, 0.05) is 6.04 Å². The lowest BCUT2D eigenvalue weighted by Crippen LogP contribution is -2.51. The summed E-state index contributed by atoms with van der Waals surface area (Å²) in [6.45, 7) is 1.81. The van der Waals surface area contributed by atoms with Crippen molar-refractivity contribution >= 4 is 5.91 Å². The van der Waals surface area contributed by atoms with Crippen LogP contribution in [-0.2, 0) is 4.79 Å². The van der Waals surface area contributed by atoms with E-state index in [-0.39, 0.29) is 24.1 Å². The Balaban J connectivity index is 2.18. The van der Waals surface area contributed by atoms with Crippen LogP contribution in [0.25, 0.3) is 0 Å². The predicted octanol–water partition coefficient (Wildman–Crippen LogP) is -0.766. The molecule has 1 fully saturated rings. The normalized spacial score (nSPS) is 30.6. The number of nitrogens with one attached hydrogen (secondary N) is 2. The third-order valence-corrected chi connectivity index (χ3v) is 2.29. The third-order valence-electron chi connectivity index (χ3n) is 2.29. The third kappa shape index (κ3) is 2.19. The van der Waals surface area contributed by atoms with E-state index in [0.29, 0.717) is 12.8 Å². The highest BCUT2D eigenvalue weighted by Gasteiger charge is 2.29. The molecule has 1 amide bonds. The summed E-state index contributed by atoms with van der Waals surface area (Å²) in [6.07, 6.45) is 1.19. The number of aliphatic hydroxyl groups excluding tert-OH is 1. The first kappa shape index (κ1) is 9.48. The molecule has 1 aliphatic rings. The van der Waals surface area contributed by atoms with Crippen LogP contribution >= 0.6 is 0 Å². The van der Waals surface area contributed by atoms with Gasteiger partial charge in [-0.1, -0.05) is 0 Å². The van der Waals surface area contributed by atoms with Crippen molar-refractivity contribution in [3.63, 3.8) is 0 Å². The highest BCUT2D eigenvalue weighted by Crippen LogP contribution is 2.19. The fraction of sp³-hybridized carbons (Fsp3) is 0.875. The van der Waals surface area contributed by atoms with Gasteiger partial charge in [-0.3, -0.25) is 4.79 Å². The van der Waals surface area contributed by atoms with E-state index in [1.54, 1.807) is 7.05 Å². The molecule has 1 saturated carbocycles. The van der Waals surface area contributed by atoms with Gasteiger partial charge in [0.1, 0.15) is 0 Å². The minimum Gasteiger partial charge on any atom is -0.393 e. The monoisotopic (exact) mass is 172 g/mol. The van der Waals surface area contributed by atoms with Crippen molar-refractivity contribution in [2.24, 2.45) is 0 Å². The van der Waals surface area contributed by atoms with Crippen molar-refractivity contribution < 1.29 is 9.90 Å². The number of amides is 1. The smallest absolute Gasteiger partial charge is 0.237 e. The van der Waals surface area contributed by atoms with Gasteiger partial charge in [-0.05, 0) is 26.8 Å². The Kier molecular flexibility index (Phi) is 3.05. The molecule has 4 heteroatoms. The van der Waals surface area contributed by atoms with Crippen molar-refractivity contribution in [1.29, 1.82) is 0 Å². The molecule has 1 aliphatic carbocycles. The van der Waals surface area contributed by atoms with Crippen LogP contribution < -0.4 is 10.6 Å². The Morgan fingerprint density at radius 3 is 2.58 bits per heavy atom. The predicted molar refractivity (Wildman–Crippen MR) is 45.7 cm³/mol. The highest BCUT2D eigenvalue weighted by molar-refractivity contribution is 5.81. The molecule has 1 atom stereocenters. The average Bonchev–Trinajstić information content (AvgIpc) is 2.00. The van der Waals surface area contributed by atoms with Crippen LogP contribution in [0.15, 0.2) is 0 Å². The Morgan fingerprint density at radius 2 is 2.17 bits per heavy atom. The van der Waals surface area contributed by atoms with E-state index in [9.17, 15) is 4.79 Å². The molecule has 3 N–H and O–H groups in total. The van der Waals surface area contributed by atoms with Gasteiger partial charge in [-0.15, -0.1) is 0 Å². The van der Waals surface area contributed by atoms with Gasteiger partial charge in [-0.2, -0.15) is 0 Å². The van der Waals surface area contributed by atoms with Gasteiger partial charge in [-0.25, -0.2) is 0 Å². The van der Waals surface area contributed by atoms with E-state index in [1.807, 2.05) is 6.92 Å². The molecule has 0 radical (unpaired) electrons. The SMILES string of the molecule is CN[C@@H](C)C(=O)NC1CC(O)C1. The summed E-state index contributed by atoms with van der Waals surface area (Å²) in [5.41, 5.74) is 0. The molecule has 1 rings (SSSR count). The maximum absolute atomic E-state index is 11.2. The molecule has 0 heterocycles. The zero-order chi connectivity index (χ0) is 9.14. The molecule has 0 aromatic heterocycles. The second-order valence-corrected chi connectivity index (χ2v) is 3.34. The molecule has 0 aromatic carbocycles. The lowest BCUT2D eigenvalue weighted by atomic mass is 9.89. The number of hydrogen-bond acceptors (Lipinski definition) is 3. The molecular weight excluding hydrogens is 156 g/mol. The second kappa shape index (κ2) is 3.87. The molecule has 4 nitrogen and oxygen atoms in total. The number of hydrogen-bond donors (Lipinski definition) is 3. The minimum absolute atomic E-state index is 0.00870. The molecule has 0 saturated heterocycles. The van der Waals surface area contributed by atoms with E-state index in [2.05, 4.69) is 10.6 Å². The first-order valence-electron chi connectivity index (χ1n) is 4.29. The quantitative estimate of drug-likeness (QED) is 0.524. The molecule has 12 heavy (non-hydrogen) atoms. The molecule has 0 unspecified atom stereocenters. The lowest BCUT2D eigenvalue weighted by molar-refractivity contribution is -0.124. The molecule has 0 spiro atoms. The minimum atomic E-state index is -0.208. The summed E-state index contributed by atoms with van der Waals surface area (Å²) in [4.78, 5) is 11.2. The van der Waals surface area contributed by atoms with Crippen LogP contribution in [-0.4, -0.2) is 36.2 Å². The van der Waals surface area contributed by atoms with Crippen LogP contribution in [0.1, 0.15) is 19.8 Å². The summed E-state index contributed by atoms with van der Waals surface area (Å²) >= 11 is 0. The first-order chi connectivity index (χ1) is 5.63. The zero-order valence-electron chi connectivity index (χ0n) is 7.50. The summed E-state index contributed by atoms with van der Waals surface area (Å²) in [5.74, 6) is 0.00870. The topological polar surface area (TPSA) is 61.4 Å². The second-order valence-electron chi connectivity index (χ2n) is 3.34. The van der Waals surface area contributed by atoms with Crippen LogP contribution in [0.2, 0.25) is 0 Å². The number of carbonyl (C=O) groups excluding carboxylic acids is 1. The number of aliphatic hydroxyl groups is 1. The van der Waals surface area contributed by atoms with Crippen molar-refractivity contribution in [1.82, 2.24) is 10.6 Å². The van der Waals surface area contributed by atoms with E-state index < -0.39 is 0 Å². The van der Waals surface area contributed by atoms with Gasteiger partial charge >= 0.3 is 0 Å². The fourth-order valence-corrected chi connectivity index (χ4v) is 1.16. The van der Waals surface area contributed by atoms with Crippen molar-refractivity contribution in [2.75, 3.05) is 7.05 Å². The van der Waals surface area contributed by atoms with Crippen LogP contribution in [0.5, 0.6) is 0 Å². The molecule has 70 valence electrons. The Morgan fingerprint density at radius 1 is 1.58 bits per heavy atom. The molecule has 0 aliphatic heterocycles. The first-order valence-corrected chi connectivity index (χ1v) is 4.29. The summed E-state index contributed by atoms with van der Waals surface area (Å²) in [5, 5.41) is 14.7. The maximum atomic E-state index is 11.2. The number of rotatable bonds is 3. The van der Waals surface area contributed by atoms with Gasteiger partial charge in [0.15, 0.2) is 0 Å². The molecule has 0 aromatic rings. The van der Waals surface area contributed by atoms with Crippen molar-refractivity contribution in [3.05, 3.63) is 0 Å². The summed E-state index contributed by atoms with van der Waals surface area (Å²) < 4.78 is 0. The van der Waals surface area contributed by atoms with Gasteiger partial charge < -0.3 is 15.7 Å². The lowest BCUT2D eigenvalue weighted by Gasteiger charge is -2.32. The van der Waals surface area contributed by atoms with E-state index in [1.165, 1.54) is 0 Å². The number of carbonyl (C=O) groups is 1. The van der Waals surface area contributed by atoms with E-state index in [0.717, 1.165) is 0 Å². The largest absolute Gasteiger partial charge is 0.393 e. The number of likely N-dealkylation sites (N-methyl/N-ethyl adjacent to an activating group) is 1. The van der Waals surface area contributed by atoms with Gasteiger partial charge in [0.2, 0.25) is 5.91 Å². The van der Waals surface area contributed by atoms with E-state index in [4.69, 9.17) is 5.11 Å². The summed E-state index contributed by atoms with van der Waals surface area (Å²) in [6, 6.07) is 0.0334. The Labute approximate surface area is 72.3 Å². The Bertz CT molecular complexity index is 166. The van der Waals surface area contributed by atoms with Crippen LogP contribution in [0, 0.1) is 0 Å². The Hall–Kier alpha value is -0.610. The van der Waals surface area contributed by atoms with Gasteiger partial charge in [0.25, 0.3) is 0 Å². The maximum Gasteiger partial charge on any atom is 0.237 e. The van der Waals surface area contributed by atoms with Crippen molar-refractivity contribution in [3.8, 4) is 0 Å². The van der Waals surface area contributed by atoms with Crippen LogP contribution in [0.4, 0.5) is 0 Å². The highest BCUT2D eigenvalue weighted by atomic mass is 16.3. The van der Waals surface area contributed by atoms with Crippen molar-refractivity contribution in [2.45, 2.75) is 38.0 Å². The van der Waals surface area contributed by atoms with Crippen LogP contribution in [0.3, 0.4) is 0 Å². The standard InChI is InChI=1S/C8H16N2O2/c1-5(9-2)8(12)10-6-3-7(11)4-6/h5-7,9,11H,3-4H2,1-2H3,(H,10,12)/t5-,6?,7?/m0/s1. The molecule has 0 bridgehead atoms. The zero-order valence-corrected chi connectivity index (χ0v) is 7.50. The molecular formula is C8H16N2O2. The van der Waals surface area contributed by atoms with Gasteiger partial charge in [0.05, 0.1) is 12.1 Å². The fourth-order valence-electron chi connectivity index (χ4n) is 1.16. The summed E-state index contributed by atoms with van der Waals surface area (Å²) in [7, 11) is 1.75. The average molecular weight is 172 g/mol.